The van der Waals surface area contributed by atoms with E-state index in [2.05, 4.69) is 59.3 Å². The molecule has 0 aliphatic carbocycles. The molecule has 1 aliphatic heterocycles. The van der Waals surface area contributed by atoms with Gasteiger partial charge in [-0.15, -0.1) is 0 Å². The van der Waals surface area contributed by atoms with Gasteiger partial charge in [0.1, 0.15) is 0 Å². The molecule has 0 amide bonds. The van der Waals surface area contributed by atoms with E-state index in [0.29, 0.717) is 0 Å². The van der Waals surface area contributed by atoms with Gasteiger partial charge in [0.15, 0.2) is 0 Å². The molecule has 0 radical (unpaired) electrons. The summed E-state index contributed by atoms with van der Waals surface area (Å²) in [6, 6.07) is 0. The lowest BCUT2D eigenvalue weighted by molar-refractivity contribution is 2.15. The van der Waals surface area contributed by atoms with Gasteiger partial charge in [0.25, 0.3) is 0 Å². The monoisotopic (exact) mass is 400 g/mol. The summed E-state index contributed by atoms with van der Waals surface area (Å²) >= 11 is 14.2. The van der Waals surface area contributed by atoms with E-state index in [1.54, 1.807) is 0 Å². The van der Waals surface area contributed by atoms with Gasteiger partial charge in [-0.3, -0.25) is 0 Å². The van der Waals surface area contributed by atoms with Crippen molar-refractivity contribution < 1.29 is 0 Å². The van der Waals surface area contributed by atoms with Crippen LogP contribution in [-0.4, -0.2) is 0 Å². The molecule has 0 fully saturated rings. The molecule has 9 heavy (non-hydrogen) atoms. The van der Waals surface area contributed by atoms with E-state index in [4.69, 9.17) is 0 Å². The zero-order valence-corrected chi connectivity index (χ0v) is 11.4. The Morgan fingerprint density at radius 3 is 1.22 bits per heavy atom. The molecular weight excluding hydrogens is 400 g/mol. The van der Waals surface area contributed by atoms with Gasteiger partial charge < -0.3 is 0 Å². The zero-order valence-electron chi connectivity index (χ0n) is 4.23. The number of rotatable bonds is 0. The van der Waals surface area contributed by atoms with Crippen LogP contribution in [-0.2, 0) is 0 Å². The lowest BCUT2D eigenvalue weighted by atomic mass is 10.6. The molecule has 1 rings (SSSR count). The van der Waals surface area contributed by atoms with Gasteiger partial charge in [-0.25, -0.2) is 0 Å². The summed E-state index contributed by atoms with van der Waals surface area (Å²) in [6.07, 6.45) is 3.93. The van der Waals surface area contributed by atoms with Crippen LogP contribution in [0.5, 0.6) is 0 Å². The van der Waals surface area contributed by atoms with Crippen LogP contribution in [0.15, 0.2) is 23.0 Å². The van der Waals surface area contributed by atoms with Crippen LogP contribution in [0.25, 0.3) is 0 Å². The van der Waals surface area contributed by atoms with Crippen molar-refractivity contribution in [2.24, 2.45) is 0 Å². The Labute approximate surface area is 83.2 Å². The molecular formula is C4H4Br4S. The molecule has 0 N–H and O–H groups in total. The standard InChI is InChI=1S/C4H4Br4S/c5-9(6,7,8)3-1-2-4-9/h1-4H. The van der Waals surface area contributed by atoms with Gasteiger partial charge in [-0.2, -0.15) is 0 Å². The summed E-state index contributed by atoms with van der Waals surface area (Å²) in [5.74, 6) is 0. The second-order valence-electron chi connectivity index (χ2n) is 1.86. The quantitative estimate of drug-likeness (QED) is 0.525. The first kappa shape index (κ1) is 8.84. The smallest absolute Gasteiger partial charge is 0.0115 e. The maximum Gasteiger partial charge on any atom is -0.0115 e. The molecule has 1 heterocycles. The molecule has 0 unspecified atom stereocenters. The SMILES string of the molecule is BrS1(Br)(Br)(Br)C=CC=C1. The largest absolute Gasteiger partial charge is 0.0655 e. The lowest BCUT2D eigenvalue weighted by Gasteiger charge is -2.51. The molecule has 0 atom stereocenters. The van der Waals surface area contributed by atoms with Crippen LogP contribution >= 0.6 is 61.3 Å². The third-order valence-corrected chi connectivity index (χ3v) is 7.47. The highest BCUT2D eigenvalue weighted by molar-refractivity contribution is 10.5. The zero-order chi connectivity index (χ0) is 7.24. The van der Waals surface area contributed by atoms with Crippen molar-refractivity contribution >= 4 is 61.3 Å². The molecule has 5 heteroatoms. The van der Waals surface area contributed by atoms with Crippen LogP contribution in [0, 0.1) is 0 Å². The second-order valence-corrected chi connectivity index (χ2v) is 41.1. The third-order valence-electron chi connectivity index (χ3n) is 0.837. The van der Waals surface area contributed by atoms with E-state index < -0.39 is 2.03 Å². The van der Waals surface area contributed by atoms with E-state index in [1.165, 1.54) is 0 Å². The van der Waals surface area contributed by atoms with Crippen molar-refractivity contribution in [1.82, 2.24) is 0 Å². The molecule has 54 valence electrons. The first-order chi connectivity index (χ1) is 3.71. The fraction of sp³-hybridized carbons (Fsp3) is 0. The first-order valence-corrected chi connectivity index (χ1v) is 12.0. The molecule has 0 saturated carbocycles. The van der Waals surface area contributed by atoms with Crippen LogP contribution in [0.1, 0.15) is 0 Å². The van der Waals surface area contributed by atoms with Gasteiger partial charge >= 0.3 is 0 Å². The van der Waals surface area contributed by atoms with Crippen LogP contribution in [0.4, 0.5) is 0 Å². The lowest BCUT2D eigenvalue weighted by Crippen LogP contribution is -1.88. The average molecular weight is 404 g/mol. The van der Waals surface area contributed by atoms with E-state index in [1.807, 2.05) is 23.0 Å². The molecule has 0 spiro atoms. The summed E-state index contributed by atoms with van der Waals surface area (Å²) < 4.78 is -2.53. The summed E-state index contributed by atoms with van der Waals surface area (Å²) in [7, 11) is 0. The summed E-state index contributed by atoms with van der Waals surface area (Å²) in [5.41, 5.74) is 0. The van der Waals surface area contributed by atoms with Crippen molar-refractivity contribution in [2.45, 2.75) is 0 Å². The fourth-order valence-corrected chi connectivity index (χ4v) is 4.38. The maximum absolute atomic E-state index is 3.55. The van der Waals surface area contributed by atoms with Crippen molar-refractivity contribution in [3.63, 3.8) is 0 Å². The highest BCUT2D eigenvalue weighted by Crippen LogP contribution is 3.14. The van der Waals surface area contributed by atoms with Gasteiger partial charge in [0.05, 0.1) is 0 Å². The minimum Gasteiger partial charge on any atom is -0.0655 e. The minimum absolute atomic E-state index is 1.97. The Bertz CT molecular complexity index is 187. The average Bonchev–Trinajstić information content (AvgIpc) is 1.77. The van der Waals surface area contributed by atoms with Crippen LogP contribution in [0.3, 0.4) is 0 Å². The van der Waals surface area contributed by atoms with Gasteiger partial charge in [0, 0.05) is 0 Å². The summed E-state index contributed by atoms with van der Waals surface area (Å²) in [5, 5.41) is 4.03. The van der Waals surface area contributed by atoms with Gasteiger partial charge in [-0.1, -0.05) is 14.2 Å². The van der Waals surface area contributed by atoms with E-state index in [9.17, 15) is 0 Å². The Hall–Kier alpha value is 1.75. The van der Waals surface area contributed by atoms with Crippen molar-refractivity contribution in [1.29, 1.82) is 0 Å². The minimum atomic E-state index is -2.53. The first-order valence-electron chi connectivity index (χ1n) is 2.09. The molecule has 0 aromatic heterocycles. The van der Waals surface area contributed by atoms with E-state index >= 15 is 0 Å². The van der Waals surface area contributed by atoms with E-state index in [0.717, 1.165) is 0 Å². The highest BCUT2D eigenvalue weighted by atomic mass is 80.0. The molecule has 0 saturated heterocycles. The van der Waals surface area contributed by atoms with Gasteiger partial charge in [-0.05, 0) is 70.1 Å². The Morgan fingerprint density at radius 1 is 0.778 bits per heavy atom. The van der Waals surface area contributed by atoms with Crippen LogP contribution in [0.2, 0.25) is 0 Å². The molecule has 0 aromatic rings. The number of hydrogen-bond acceptors (Lipinski definition) is 0. The van der Waals surface area contributed by atoms with Crippen molar-refractivity contribution in [3.05, 3.63) is 23.0 Å². The Balaban J connectivity index is 3.30. The normalized spacial score (nSPS) is 40.4. The highest BCUT2D eigenvalue weighted by Gasteiger charge is 2.47. The Kier molecular flexibility index (Phi) is 1.70. The maximum atomic E-state index is 3.55. The predicted molar refractivity (Wildman–Crippen MR) is 61.6 cm³/mol. The molecule has 0 nitrogen and oxygen atoms in total. The number of allylic oxidation sites excluding steroid dienone is 2. The second kappa shape index (κ2) is 1.73. The molecule has 0 aromatic carbocycles. The number of hydrogen-bond donors (Lipinski definition) is 0. The van der Waals surface area contributed by atoms with Crippen molar-refractivity contribution in [3.8, 4) is 0 Å². The van der Waals surface area contributed by atoms with Crippen LogP contribution < -0.4 is 0 Å². The molecule has 1 aliphatic rings. The Morgan fingerprint density at radius 2 is 1.11 bits per heavy atom. The van der Waals surface area contributed by atoms with E-state index in [-0.39, 0.29) is 0 Å². The van der Waals surface area contributed by atoms with Crippen molar-refractivity contribution in [2.75, 3.05) is 0 Å². The predicted octanol–water partition coefficient (Wildman–Crippen LogP) is 5.14. The summed E-state index contributed by atoms with van der Waals surface area (Å²) in [6.45, 7) is 0. The summed E-state index contributed by atoms with van der Waals surface area (Å²) in [4.78, 5) is 0. The molecule has 0 bridgehead atoms. The number of halogens is 4. The van der Waals surface area contributed by atoms with Gasteiger partial charge in [0.2, 0.25) is 0 Å². The third kappa shape index (κ3) is 2.69. The fourth-order valence-electron chi connectivity index (χ4n) is 0.464. The topological polar surface area (TPSA) is 0 Å².